The molecule has 3 aromatic carbocycles. The smallest absolute Gasteiger partial charge is 0.328 e. The summed E-state index contributed by atoms with van der Waals surface area (Å²) in [6, 6.07) is 21.7. The van der Waals surface area contributed by atoms with Crippen LogP contribution in [0.5, 0.6) is 0 Å². The van der Waals surface area contributed by atoms with Crippen LogP contribution < -0.4 is 4.90 Å². The lowest BCUT2D eigenvalue weighted by Crippen LogP contribution is -2.47. The van der Waals surface area contributed by atoms with Gasteiger partial charge in [-0.3, -0.25) is 4.90 Å². The Bertz CT molecular complexity index is 1010. The van der Waals surface area contributed by atoms with Gasteiger partial charge in [-0.25, -0.2) is 4.79 Å². The molecule has 1 heterocycles. The number of piperazine rings is 1. The first kappa shape index (κ1) is 22.8. The topological polar surface area (TPSA) is 64.0 Å². The van der Waals surface area contributed by atoms with Crippen LogP contribution in [0.4, 0.5) is 5.69 Å². The lowest BCUT2D eigenvalue weighted by molar-refractivity contribution is -0.131. The second-order valence-corrected chi connectivity index (χ2v) is 7.71. The molecule has 6 heteroatoms. The van der Waals surface area contributed by atoms with Crippen LogP contribution in [0.1, 0.15) is 5.56 Å². The molecule has 0 aliphatic carbocycles. The van der Waals surface area contributed by atoms with Gasteiger partial charge in [0, 0.05) is 49.5 Å². The number of rotatable bonds is 5. The van der Waals surface area contributed by atoms with Crippen LogP contribution in [0.3, 0.4) is 0 Å². The largest absolute Gasteiger partial charge is 0.478 e. The minimum Gasteiger partial charge on any atom is -0.478 e. The average Bonchev–Trinajstić information content (AvgIpc) is 2.79. The summed E-state index contributed by atoms with van der Waals surface area (Å²) in [5.74, 6) is -0.928. The van der Waals surface area contributed by atoms with Crippen molar-refractivity contribution in [1.29, 1.82) is 0 Å². The third kappa shape index (κ3) is 6.82. The molecule has 0 aromatic heterocycles. The van der Waals surface area contributed by atoms with Gasteiger partial charge in [-0.15, -0.1) is 0 Å². The Kier molecular flexibility index (Phi) is 8.47. The molecule has 0 radical (unpaired) electrons. The fraction of sp³-hybridized carbons (Fsp3) is 0.240. The van der Waals surface area contributed by atoms with Gasteiger partial charge in [0.05, 0.1) is 6.61 Å². The van der Waals surface area contributed by atoms with Crippen LogP contribution >= 0.6 is 11.6 Å². The minimum absolute atomic E-state index is 0.251. The first-order chi connectivity index (χ1) is 15.1. The predicted molar refractivity (Wildman–Crippen MR) is 128 cm³/mol. The predicted octanol–water partition coefficient (Wildman–Crippen LogP) is 4.39. The van der Waals surface area contributed by atoms with Gasteiger partial charge in [0.2, 0.25) is 0 Å². The summed E-state index contributed by atoms with van der Waals surface area (Å²) in [7, 11) is 0. The van der Waals surface area contributed by atoms with E-state index in [1.54, 1.807) is 6.08 Å². The van der Waals surface area contributed by atoms with Gasteiger partial charge in [0.15, 0.2) is 0 Å². The summed E-state index contributed by atoms with van der Waals surface area (Å²) >= 11 is 5.86. The zero-order chi connectivity index (χ0) is 22.1. The number of anilines is 1. The molecule has 0 unspecified atom stereocenters. The van der Waals surface area contributed by atoms with Crippen LogP contribution in [-0.2, 0) is 4.79 Å². The number of hydrogen-bond acceptors (Lipinski definition) is 4. The molecule has 1 aliphatic rings. The molecule has 1 aliphatic heterocycles. The van der Waals surface area contributed by atoms with Gasteiger partial charge >= 0.3 is 5.97 Å². The maximum Gasteiger partial charge on any atom is 0.328 e. The molecule has 3 aromatic rings. The summed E-state index contributed by atoms with van der Waals surface area (Å²) in [6.07, 6.45) is 2.77. The Labute approximate surface area is 187 Å². The van der Waals surface area contributed by atoms with Gasteiger partial charge in [0.25, 0.3) is 0 Å². The fourth-order valence-corrected chi connectivity index (χ4v) is 3.71. The highest BCUT2D eigenvalue weighted by atomic mass is 35.5. The fourth-order valence-electron chi connectivity index (χ4n) is 3.58. The summed E-state index contributed by atoms with van der Waals surface area (Å²) in [5, 5.41) is 20.4. The number of aliphatic carboxylic acids is 1. The first-order valence-electron chi connectivity index (χ1n) is 10.3. The molecule has 0 bridgehead atoms. The highest BCUT2D eigenvalue weighted by Crippen LogP contribution is 2.20. The van der Waals surface area contributed by atoms with E-state index in [2.05, 4.69) is 21.9 Å². The van der Waals surface area contributed by atoms with E-state index in [0.717, 1.165) is 60.2 Å². The van der Waals surface area contributed by atoms with Crippen molar-refractivity contribution < 1.29 is 15.0 Å². The monoisotopic (exact) mass is 438 g/mol. The van der Waals surface area contributed by atoms with E-state index in [0.29, 0.717) is 0 Å². The molecule has 1 fully saturated rings. The van der Waals surface area contributed by atoms with Gasteiger partial charge in [-0.1, -0.05) is 54.1 Å². The molecule has 31 heavy (non-hydrogen) atoms. The Morgan fingerprint density at radius 2 is 1.61 bits per heavy atom. The van der Waals surface area contributed by atoms with Crippen molar-refractivity contribution in [1.82, 2.24) is 4.90 Å². The molecule has 2 N–H and O–H groups in total. The van der Waals surface area contributed by atoms with E-state index in [4.69, 9.17) is 21.8 Å². The number of aliphatic hydroxyl groups is 1. The third-order valence-electron chi connectivity index (χ3n) is 5.21. The summed E-state index contributed by atoms with van der Waals surface area (Å²) < 4.78 is 0. The molecule has 0 saturated carbocycles. The lowest BCUT2D eigenvalue weighted by Gasteiger charge is -2.35. The zero-order valence-corrected chi connectivity index (χ0v) is 18.1. The second-order valence-electron chi connectivity index (χ2n) is 7.27. The van der Waals surface area contributed by atoms with Crippen molar-refractivity contribution in [2.75, 3.05) is 44.2 Å². The minimum atomic E-state index is -0.928. The molecule has 162 valence electrons. The molecular weight excluding hydrogens is 412 g/mol. The van der Waals surface area contributed by atoms with Crippen molar-refractivity contribution in [2.45, 2.75) is 0 Å². The van der Waals surface area contributed by atoms with E-state index in [1.165, 1.54) is 5.69 Å². The molecule has 1 saturated heterocycles. The SMILES string of the molecule is O=C(O)/C=C/c1cccc2ccccc12.OCCN1CCN(c2ccc(Cl)cc2)CC1. The number of halogens is 1. The lowest BCUT2D eigenvalue weighted by atomic mass is 10.0. The standard InChI is InChI=1S/C13H10O2.C12H17ClN2O/c14-13(15)9-8-11-6-3-5-10-4-1-2-7-12(10)11;13-11-1-3-12(4-2-11)15-7-5-14(6-8-15)9-10-16/h1-9H,(H,14,15);1-4,16H,5-10H2/b9-8+;. The molecule has 0 atom stereocenters. The van der Waals surface area contributed by atoms with E-state index in [9.17, 15) is 4.79 Å². The Hall–Kier alpha value is -2.86. The number of aliphatic hydroxyl groups excluding tert-OH is 1. The second kappa shape index (κ2) is 11.5. The van der Waals surface area contributed by atoms with Crippen LogP contribution in [0.25, 0.3) is 16.8 Å². The van der Waals surface area contributed by atoms with Crippen molar-refractivity contribution in [2.24, 2.45) is 0 Å². The quantitative estimate of drug-likeness (QED) is 0.578. The summed E-state index contributed by atoms with van der Waals surface area (Å²) in [4.78, 5) is 15.1. The number of carbonyl (C=O) groups is 1. The molecule has 0 spiro atoms. The Morgan fingerprint density at radius 3 is 2.29 bits per heavy atom. The number of hydrogen-bond donors (Lipinski definition) is 2. The maximum atomic E-state index is 10.4. The number of benzene rings is 3. The summed E-state index contributed by atoms with van der Waals surface area (Å²) in [5.41, 5.74) is 2.16. The Balaban J connectivity index is 0.000000176. The van der Waals surface area contributed by atoms with Gasteiger partial charge in [0.1, 0.15) is 0 Å². The van der Waals surface area contributed by atoms with E-state index in [-0.39, 0.29) is 6.61 Å². The molecule has 5 nitrogen and oxygen atoms in total. The van der Waals surface area contributed by atoms with Gasteiger partial charge in [-0.05, 0) is 46.7 Å². The number of nitrogens with zero attached hydrogens (tertiary/aromatic N) is 2. The van der Waals surface area contributed by atoms with E-state index in [1.807, 2.05) is 54.6 Å². The van der Waals surface area contributed by atoms with Crippen LogP contribution in [0.15, 0.2) is 72.8 Å². The van der Waals surface area contributed by atoms with E-state index < -0.39 is 5.97 Å². The summed E-state index contributed by atoms with van der Waals surface area (Å²) in [6.45, 7) is 5.10. The number of fused-ring (bicyclic) bond motifs is 1. The number of carboxylic acids is 1. The van der Waals surface area contributed by atoms with Crippen molar-refractivity contribution in [3.8, 4) is 0 Å². The van der Waals surface area contributed by atoms with E-state index >= 15 is 0 Å². The normalized spacial score (nSPS) is 14.5. The third-order valence-corrected chi connectivity index (χ3v) is 5.46. The average molecular weight is 439 g/mol. The maximum absolute atomic E-state index is 10.4. The van der Waals surface area contributed by atoms with Crippen molar-refractivity contribution >= 4 is 40.1 Å². The number of carboxylic acid groups (broad SMARTS) is 1. The highest BCUT2D eigenvalue weighted by Gasteiger charge is 2.16. The van der Waals surface area contributed by atoms with Crippen molar-refractivity contribution in [3.63, 3.8) is 0 Å². The molecule has 4 rings (SSSR count). The van der Waals surface area contributed by atoms with Gasteiger partial charge in [-0.2, -0.15) is 0 Å². The van der Waals surface area contributed by atoms with Gasteiger partial charge < -0.3 is 15.1 Å². The van der Waals surface area contributed by atoms with Crippen molar-refractivity contribution in [3.05, 3.63) is 83.4 Å². The van der Waals surface area contributed by atoms with Crippen LogP contribution in [0, 0.1) is 0 Å². The zero-order valence-electron chi connectivity index (χ0n) is 17.3. The number of β-amino-alcohol motifs (C(OH)–C–C–N with tert-alkyl or cyclic N) is 1. The van der Waals surface area contributed by atoms with Crippen LogP contribution in [-0.4, -0.2) is 60.4 Å². The first-order valence-corrected chi connectivity index (χ1v) is 10.7. The molecule has 0 amide bonds. The highest BCUT2D eigenvalue weighted by molar-refractivity contribution is 6.30. The van der Waals surface area contributed by atoms with Crippen LogP contribution in [0.2, 0.25) is 5.02 Å². The molecular formula is C25H27ClN2O3. The Morgan fingerprint density at radius 1 is 0.935 bits per heavy atom.